The van der Waals surface area contributed by atoms with Gasteiger partial charge in [0.2, 0.25) is 0 Å². The van der Waals surface area contributed by atoms with Crippen LogP contribution in [0, 0.1) is 0 Å². The summed E-state index contributed by atoms with van der Waals surface area (Å²) in [5, 5.41) is 11.5. The molecule has 0 atom stereocenters. The second kappa shape index (κ2) is 8.97. The smallest absolute Gasteiger partial charge is 0.116 e. The monoisotopic (exact) mass is 326 g/mol. The molecule has 0 aliphatic carbocycles. The normalized spacial score (nSPS) is 12.1. The van der Waals surface area contributed by atoms with Gasteiger partial charge >= 0.3 is 0 Å². The first-order chi connectivity index (χ1) is 11.5. The van der Waals surface area contributed by atoms with E-state index in [1.807, 2.05) is 60.7 Å². The zero-order valence-corrected chi connectivity index (χ0v) is 15.2. The third-order valence-electron chi connectivity index (χ3n) is 4.50. The van der Waals surface area contributed by atoms with Crippen LogP contribution in [0.1, 0.15) is 24.0 Å². The molecule has 0 heterocycles. The summed E-state index contributed by atoms with van der Waals surface area (Å²) in [5.74, 6) is 0. The molecule has 0 saturated carbocycles. The van der Waals surface area contributed by atoms with E-state index in [9.17, 15) is 5.11 Å². The number of benzene rings is 2. The third kappa shape index (κ3) is 5.17. The van der Waals surface area contributed by atoms with E-state index in [1.165, 1.54) is 0 Å². The molecule has 3 nitrogen and oxygen atoms in total. The van der Waals surface area contributed by atoms with Crippen molar-refractivity contribution in [3.63, 3.8) is 0 Å². The van der Waals surface area contributed by atoms with E-state index >= 15 is 0 Å². The molecule has 0 radical (unpaired) electrons. The summed E-state index contributed by atoms with van der Waals surface area (Å²) in [5.41, 5.74) is 0.967. The van der Waals surface area contributed by atoms with Crippen LogP contribution >= 0.6 is 0 Å². The van der Waals surface area contributed by atoms with Gasteiger partial charge in [0.1, 0.15) is 5.60 Å². The molecule has 0 fully saturated rings. The average Bonchev–Trinajstić information content (AvgIpc) is 2.61. The van der Waals surface area contributed by atoms with Gasteiger partial charge in [0.05, 0.1) is 0 Å². The minimum atomic E-state index is -0.946. The van der Waals surface area contributed by atoms with Crippen molar-refractivity contribution < 1.29 is 5.11 Å². The Morgan fingerprint density at radius 1 is 0.750 bits per heavy atom. The largest absolute Gasteiger partial charge is 0.380 e. The van der Waals surface area contributed by atoms with Crippen molar-refractivity contribution >= 4 is 0 Å². The molecule has 130 valence electrons. The summed E-state index contributed by atoms with van der Waals surface area (Å²) in [6.07, 6.45) is 1.82. The van der Waals surface area contributed by atoms with Crippen LogP contribution in [0.25, 0.3) is 0 Å². The summed E-state index contributed by atoms with van der Waals surface area (Å²) in [6, 6.07) is 20.0. The predicted octanol–water partition coefficient (Wildman–Crippen LogP) is 3.20. The molecule has 0 amide bonds. The number of aliphatic hydroxyl groups is 1. The van der Waals surface area contributed by atoms with Crippen molar-refractivity contribution in [1.82, 2.24) is 9.80 Å². The van der Waals surface area contributed by atoms with Crippen LogP contribution in [-0.4, -0.2) is 55.7 Å². The quantitative estimate of drug-likeness (QED) is 0.766. The Bertz CT molecular complexity index is 544. The van der Waals surface area contributed by atoms with Gasteiger partial charge in [0.25, 0.3) is 0 Å². The van der Waals surface area contributed by atoms with E-state index in [2.05, 4.69) is 30.9 Å². The highest BCUT2D eigenvalue weighted by Crippen LogP contribution is 2.32. The van der Waals surface area contributed by atoms with Gasteiger partial charge in [-0.3, -0.25) is 0 Å². The average molecular weight is 326 g/mol. The maximum absolute atomic E-state index is 11.5. The summed E-state index contributed by atoms with van der Waals surface area (Å²) in [4.78, 5) is 4.51. The fourth-order valence-corrected chi connectivity index (χ4v) is 3.00. The topological polar surface area (TPSA) is 26.7 Å². The molecule has 0 saturated heterocycles. The van der Waals surface area contributed by atoms with Crippen molar-refractivity contribution in [2.75, 3.05) is 40.8 Å². The van der Waals surface area contributed by atoms with Crippen LogP contribution in [0.5, 0.6) is 0 Å². The van der Waals surface area contributed by atoms with Crippen molar-refractivity contribution in [2.45, 2.75) is 18.4 Å². The molecule has 0 aliphatic rings. The zero-order valence-electron chi connectivity index (χ0n) is 15.2. The minimum Gasteiger partial charge on any atom is -0.380 e. The Labute approximate surface area is 146 Å². The highest BCUT2D eigenvalue weighted by atomic mass is 16.3. The first-order valence-electron chi connectivity index (χ1n) is 8.69. The molecule has 2 rings (SSSR count). The lowest BCUT2D eigenvalue weighted by molar-refractivity contribution is 0.0601. The van der Waals surface area contributed by atoms with Crippen LogP contribution in [0.3, 0.4) is 0 Å². The van der Waals surface area contributed by atoms with Gasteiger partial charge in [-0.15, -0.1) is 0 Å². The molecule has 24 heavy (non-hydrogen) atoms. The van der Waals surface area contributed by atoms with E-state index in [0.717, 1.165) is 37.2 Å². The van der Waals surface area contributed by atoms with E-state index in [1.54, 1.807) is 0 Å². The van der Waals surface area contributed by atoms with Gasteiger partial charge < -0.3 is 14.9 Å². The van der Waals surface area contributed by atoms with Crippen LogP contribution in [0.2, 0.25) is 0 Å². The lowest BCUT2D eigenvalue weighted by Gasteiger charge is -2.31. The third-order valence-corrected chi connectivity index (χ3v) is 4.50. The Morgan fingerprint density at radius 3 is 1.71 bits per heavy atom. The Hall–Kier alpha value is -1.68. The highest BCUT2D eigenvalue weighted by Gasteiger charge is 2.31. The van der Waals surface area contributed by atoms with Gasteiger partial charge in [0.15, 0.2) is 0 Å². The molecular weight excluding hydrogens is 296 g/mol. The molecular formula is C21H30N2O. The maximum atomic E-state index is 11.5. The van der Waals surface area contributed by atoms with Crippen LogP contribution in [-0.2, 0) is 5.60 Å². The fourth-order valence-electron chi connectivity index (χ4n) is 3.00. The van der Waals surface area contributed by atoms with Crippen LogP contribution in [0.4, 0.5) is 0 Å². The van der Waals surface area contributed by atoms with Crippen molar-refractivity contribution in [3.05, 3.63) is 71.8 Å². The summed E-state index contributed by atoms with van der Waals surface area (Å²) >= 11 is 0. The molecule has 0 spiro atoms. The maximum Gasteiger partial charge on any atom is 0.116 e. The molecule has 3 heteroatoms. The molecule has 0 bridgehead atoms. The lowest BCUT2D eigenvalue weighted by atomic mass is 9.83. The van der Waals surface area contributed by atoms with Gasteiger partial charge in [-0.1, -0.05) is 60.7 Å². The molecule has 0 aliphatic heterocycles. The molecule has 2 aromatic carbocycles. The Balaban J connectivity index is 2.08. The van der Waals surface area contributed by atoms with Gasteiger partial charge in [-0.05, 0) is 58.2 Å². The van der Waals surface area contributed by atoms with Crippen molar-refractivity contribution in [2.24, 2.45) is 0 Å². The summed E-state index contributed by atoms with van der Waals surface area (Å²) in [7, 11) is 6.33. The highest BCUT2D eigenvalue weighted by molar-refractivity contribution is 5.35. The second-order valence-electron chi connectivity index (χ2n) is 6.80. The van der Waals surface area contributed by atoms with Gasteiger partial charge in [-0.2, -0.15) is 0 Å². The first-order valence-corrected chi connectivity index (χ1v) is 8.69. The van der Waals surface area contributed by atoms with Gasteiger partial charge in [0, 0.05) is 6.54 Å². The zero-order chi connectivity index (χ0) is 17.4. The number of hydrogen-bond donors (Lipinski definition) is 1. The van der Waals surface area contributed by atoms with E-state index in [4.69, 9.17) is 0 Å². The molecule has 1 N–H and O–H groups in total. The second-order valence-corrected chi connectivity index (χ2v) is 6.80. The minimum absolute atomic E-state index is 0.680. The molecule has 0 aromatic heterocycles. The van der Waals surface area contributed by atoms with Crippen LogP contribution < -0.4 is 0 Å². The molecule has 2 aromatic rings. The van der Waals surface area contributed by atoms with E-state index < -0.39 is 5.60 Å². The van der Waals surface area contributed by atoms with Crippen molar-refractivity contribution in [1.29, 1.82) is 0 Å². The fraction of sp³-hybridized carbons (Fsp3) is 0.429. The first kappa shape index (κ1) is 18.7. The Morgan fingerprint density at radius 2 is 1.25 bits per heavy atom. The van der Waals surface area contributed by atoms with E-state index in [-0.39, 0.29) is 0 Å². The lowest BCUT2D eigenvalue weighted by Crippen LogP contribution is -2.33. The van der Waals surface area contributed by atoms with Gasteiger partial charge in [-0.25, -0.2) is 0 Å². The summed E-state index contributed by atoms with van der Waals surface area (Å²) in [6.45, 7) is 2.98. The van der Waals surface area contributed by atoms with E-state index in [0.29, 0.717) is 6.42 Å². The number of hydrogen-bond acceptors (Lipinski definition) is 3. The summed E-state index contributed by atoms with van der Waals surface area (Å²) < 4.78 is 0. The SMILES string of the molecule is CN(C)CCCN(C)CCC(O)(c1ccccc1)c1ccccc1. The molecule has 0 unspecified atom stereocenters. The standard InChI is InChI=1S/C21H30N2O/c1-22(2)16-10-17-23(3)18-15-21(24,19-11-6-4-7-12-19)20-13-8-5-9-14-20/h4-9,11-14,24H,10,15-18H2,1-3H3. The predicted molar refractivity (Wildman–Crippen MR) is 101 cm³/mol. The van der Waals surface area contributed by atoms with Crippen LogP contribution in [0.15, 0.2) is 60.7 Å². The Kier molecular flexibility index (Phi) is 6.98. The van der Waals surface area contributed by atoms with Crippen molar-refractivity contribution in [3.8, 4) is 0 Å². The number of nitrogens with zero attached hydrogens (tertiary/aromatic N) is 2. The number of rotatable bonds is 9.